The van der Waals surface area contributed by atoms with Gasteiger partial charge in [-0.2, -0.15) is 4.98 Å². The molecule has 25 heavy (non-hydrogen) atoms. The average Bonchev–Trinajstić information content (AvgIpc) is 3.10. The normalized spacial score (nSPS) is 14.6. The van der Waals surface area contributed by atoms with Crippen molar-refractivity contribution < 1.29 is 22.1 Å². The lowest BCUT2D eigenvalue weighted by Crippen LogP contribution is -2.25. The highest BCUT2D eigenvalue weighted by molar-refractivity contribution is 7.89. The largest absolute Gasteiger partial charge is 0.497 e. The highest BCUT2D eigenvalue weighted by Crippen LogP contribution is 2.28. The summed E-state index contributed by atoms with van der Waals surface area (Å²) in [7, 11) is -2.07. The lowest BCUT2D eigenvalue weighted by Gasteiger charge is -2.00. The van der Waals surface area contributed by atoms with Crippen molar-refractivity contribution in [2.75, 3.05) is 7.11 Å². The van der Waals surface area contributed by atoms with Gasteiger partial charge in [-0.25, -0.2) is 13.1 Å². The molecule has 3 aromatic rings. The van der Waals surface area contributed by atoms with Crippen molar-refractivity contribution in [3.63, 3.8) is 0 Å². The first kappa shape index (κ1) is 15.9. The van der Waals surface area contributed by atoms with Gasteiger partial charge in [0.05, 0.1) is 7.11 Å². The number of nitrogens with one attached hydrogen (secondary N) is 1. The summed E-state index contributed by atoms with van der Waals surface area (Å²) in [5.74, 6) is 1.40. The van der Waals surface area contributed by atoms with Crippen LogP contribution in [-0.2, 0) is 10.0 Å². The first-order valence-electron chi connectivity index (χ1n) is 7.66. The van der Waals surface area contributed by atoms with Crippen molar-refractivity contribution in [3.8, 4) is 28.8 Å². The summed E-state index contributed by atoms with van der Waals surface area (Å²) in [6, 6.07) is 10.0. The van der Waals surface area contributed by atoms with Gasteiger partial charge in [0.25, 0.3) is 15.9 Å². The van der Waals surface area contributed by atoms with E-state index >= 15 is 0 Å². The van der Waals surface area contributed by atoms with E-state index < -0.39 is 10.0 Å². The molecule has 0 aliphatic heterocycles. The molecule has 0 unspecified atom stereocenters. The van der Waals surface area contributed by atoms with Crippen LogP contribution in [0.15, 0.2) is 50.4 Å². The molecule has 0 amide bonds. The number of ether oxygens (including phenoxy) is 1. The molecule has 0 bridgehead atoms. The molecule has 1 aliphatic rings. The zero-order chi connectivity index (χ0) is 17.4. The van der Waals surface area contributed by atoms with E-state index in [1.807, 2.05) is 0 Å². The van der Waals surface area contributed by atoms with Gasteiger partial charge >= 0.3 is 0 Å². The van der Waals surface area contributed by atoms with Gasteiger partial charge in [-0.1, -0.05) is 5.16 Å². The van der Waals surface area contributed by atoms with Gasteiger partial charge in [-0.05, 0) is 49.2 Å². The molecular formula is C16H15N3O5S. The molecule has 0 spiro atoms. The van der Waals surface area contributed by atoms with Crippen LogP contribution in [0.1, 0.15) is 12.8 Å². The molecule has 0 saturated heterocycles. The Balaban J connectivity index is 1.57. The van der Waals surface area contributed by atoms with Crippen molar-refractivity contribution in [1.82, 2.24) is 14.9 Å². The lowest BCUT2D eigenvalue weighted by atomic mass is 10.2. The average molecular weight is 361 g/mol. The Morgan fingerprint density at radius 1 is 1.16 bits per heavy atom. The van der Waals surface area contributed by atoms with Gasteiger partial charge in [0.2, 0.25) is 10.9 Å². The predicted octanol–water partition coefficient (Wildman–Crippen LogP) is 2.45. The molecule has 0 radical (unpaired) electrons. The first-order chi connectivity index (χ1) is 12.0. The van der Waals surface area contributed by atoms with Crippen molar-refractivity contribution in [1.29, 1.82) is 0 Å². The van der Waals surface area contributed by atoms with E-state index in [0.717, 1.165) is 24.2 Å². The van der Waals surface area contributed by atoms with E-state index in [2.05, 4.69) is 14.9 Å². The summed E-state index contributed by atoms with van der Waals surface area (Å²) in [5.41, 5.74) is 0.741. The van der Waals surface area contributed by atoms with Gasteiger partial charge in [-0.15, -0.1) is 0 Å². The van der Waals surface area contributed by atoms with Crippen LogP contribution in [0.3, 0.4) is 0 Å². The summed E-state index contributed by atoms with van der Waals surface area (Å²) in [5, 5.41) is 3.73. The van der Waals surface area contributed by atoms with Gasteiger partial charge in [-0.3, -0.25) is 0 Å². The molecule has 1 aliphatic carbocycles. The van der Waals surface area contributed by atoms with Crippen LogP contribution >= 0.6 is 0 Å². The maximum Gasteiger partial charge on any atom is 0.293 e. The first-order valence-corrected chi connectivity index (χ1v) is 9.14. The minimum absolute atomic E-state index is 0.00336. The Morgan fingerprint density at radius 2 is 1.92 bits per heavy atom. The molecule has 2 heterocycles. The fourth-order valence-corrected chi connectivity index (χ4v) is 3.48. The Hall–Kier alpha value is -2.65. The van der Waals surface area contributed by atoms with E-state index in [-0.39, 0.29) is 22.8 Å². The number of rotatable bonds is 6. The fourth-order valence-electron chi connectivity index (χ4n) is 2.24. The van der Waals surface area contributed by atoms with E-state index in [1.54, 1.807) is 31.4 Å². The van der Waals surface area contributed by atoms with E-state index in [9.17, 15) is 8.42 Å². The Kier molecular flexibility index (Phi) is 3.81. The maximum absolute atomic E-state index is 12.1. The number of methoxy groups -OCH3 is 1. The van der Waals surface area contributed by atoms with Crippen molar-refractivity contribution in [3.05, 3.63) is 36.4 Å². The summed E-state index contributed by atoms with van der Waals surface area (Å²) >= 11 is 0. The Morgan fingerprint density at radius 3 is 2.60 bits per heavy atom. The number of furan rings is 1. The number of aromatic nitrogens is 2. The van der Waals surface area contributed by atoms with E-state index in [1.165, 1.54) is 12.1 Å². The van der Waals surface area contributed by atoms with Crippen LogP contribution in [0.2, 0.25) is 0 Å². The third-order valence-electron chi connectivity index (χ3n) is 3.73. The van der Waals surface area contributed by atoms with Crippen LogP contribution in [0.25, 0.3) is 23.0 Å². The van der Waals surface area contributed by atoms with Crippen LogP contribution in [-0.4, -0.2) is 31.7 Å². The maximum atomic E-state index is 12.1. The number of benzene rings is 1. The van der Waals surface area contributed by atoms with E-state index in [4.69, 9.17) is 13.7 Å². The SMILES string of the molecule is COc1ccc(-c2noc(-c3ccc(S(=O)(=O)NC4CC4)o3)n2)cc1. The molecular weight excluding hydrogens is 346 g/mol. The van der Waals surface area contributed by atoms with Crippen LogP contribution in [0.5, 0.6) is 5.75 Å². The summed E-state index contributed by atoms with van der Waals surface area (Å²) in [6.45, 7) is 0. The second kappa shape index (κ2) is 6.01. The smallest absolute Gasteiger partial charge is 0.293 e. The molecule has 1 saturated carbocycles. The summed E-state index contributed by atoms with van der Waals surface area (Å²) in [4.78, 5) is 4.25. The second-order valence-electron chi connectivity index (χ2n) is 5.67. The van der Waals surface area contributed by atoms with Crippen molar-refractivity contribution >= 4 is 10.0 Å². The second-order valence-corrected chi connectivity index (χ2v) is 7.31. The van der Waals surface area contributed by atoms with Crippen LogP contribution < -0.4 is 9.46 Å². The van der Waals surface area contributed by atoms with Gasteiger partial charge in [0.1, 0.15) is 5.75 Å². The molecule has 1 N–H and O–H groups in total. The zero-order valence-corrected chi connectivity index (χ0v) is 14.1. The molecule has 8 nitrogen and oxygen atoms in total. The molecule has 0 atom stereocenters. The third-order valence-corrected chi connectivity index (χ3v) is 5.12. The molecule has 1 fully saturated rings. The molecule has 2 aromatic heterocycles. The zero-order valence-electron chi connectivity index (χ0n) is 13.3. The van der Waals surface area contributed by atoms with Crippen LogP contribution in [0, 0.1) is 0 Å². The lowest BCUT2D eigenvalue weighted by molar-refractivity contribution is 0.398. The quantitative estimate of drug-likeness (QED) is 0.718. The van der Waals surface area contributed by atoms with Crippen molar-refractivity contribution in [2.45, 2.75) is 24.0 Å². The van der Waals surface area contributed by atoms with E-state index in [0.29, 0.717) is 5.82 Å². The molecule has 1 aromatic carbocycles. The van der Waals surface area contributed by atoms with Crippen LogP contribution in [0.4, 0.5) is 0 Å². The molecule has 130 valence electrons. The van der Waals surface area contributed by atoms with Gasteiger partial charge in [0.15, 0.2) is 5.76 Å². The minimum Gasteiger partial charge on any atom is -0.497 e. The monoisotopic (exact) mass is 361 g/mol. The highest BCUT2D eigenvalue weighted by atomic mass is 32.2. The fraction of sp³-hybridized carbons (Fsp3) is 0.250. The number of hydrogen-bond donors (Lipinski definition) is 1. The van der Waals surface area contributed by atoms with Gasteiger partial charge < -0.3 is 13.7 Å². The molecule has 9 heteroatoms. The highest BCUT2D eigenvalue weighted by Gasteiger charge is 2.30. The topological polar surface area (TPSA) is 107 Å². The third kappa shape index (κ3) is 3.28. The number of nitrogens with zero attached hydrogens (tertiary/aromatic N) is 2. The van der Waals surface area contributed by atoms with Gasteiger partial charge in [0, 0.05) is 11.6 Å². The summed E-state index contributed by atoms with van der Waals surface area (Å²) < 4.78 is 42.5. The Labute approximate surface area is 143 Å². The van der Waals surface area contributed by atoms with Crippen molar-refractivity contribution in [2.24, 2.45) is 0 Å². The predicted molar refractivity (Wildman–Crippen MR) is 87.3 cm³/mol. The Bertz CT molecular complexity index is 987. The molecule has 4 rings (SSSR count). The minimum atomic E-state index is -3.66. The number of hydrogen-bond acceptors (Lipinski definition) is 7. The summed E-state index contributed by atoms with van der Waals surface area (Å²) in [6.07, 6.45) is 1.70. The standard InChI is InChI=1S/C16H15N3O5S/c1-22-12-6-2-10(3-7-12)15-17-16(24-18-15)13-8-9-14(23-13)25(20,21)19-11-4-5-11/h2-3,6-9,11,19H,4-5H2,1H3. The number of sulfonamides is 1.